The van der Waals surface area contributed by atoms with Crippen LogP contribution in [0.5, 0.6) is 0 Å². The largest absolute Gasteiger partial charge is 0.481 e. The Bertz CT molecular complexity index is 536. The summed E-state index contributed by atoms with van der Waals surface area (Å²) in [5, 5.41) is 20.8. The molecule has 122 valence electrons. The summed E-state index contributed by atoms with van der Waals surface area (Å²) in [6, 6.07) is 3.20. The second kappa shape index (κ2) is 6.74. The first-order chi connectivity index (χ1) is 10.1. The average molecular weight is 310 g/mol. The molecule has 0 saturated carbocycles. The zero-order chi connectivity index (χ0) is 17.0. The third kappa shape index (κ3) is 5.33. The van der Waals surface area contributed by atoms with Gasteiger partial charge in [0.1, 0.15) is 11.4 Å². The molecule has 22 heavy (non-hydrogen) atoms. The van der Waals surface area contributed by atoms with Crippen molar-refractivity contribution in [3.8, 4) is 0 Å². The van der Waals surface area contributed by atoms with Crippen molar-refractivity contribution in [2.45, 2.75) is 39.7 Å². The molecule has 7 heteroatoms. The van der Waals surface area contributed by atoms with Crippen molar-refractivity contribution < 1.29 is 24.5 Å². The number of hydrogen-bond donors (Lipinski definition) is 3. The van der Waals surface area contributed by atoms with Crippen LogP contribution < -0.4 is 5.32 Å². The van der Waals surface area contributed by atoms with Gasteiger partial charge in [0.15, 0.2) is 0 Å². The van der Waals surface area contributed by atoms with Crippen LogP contribution in [-0.4, -0.2) is 39.5 Å². The minimum atomic E-state index is -1.26. The molecule has 0 bridgehead atoms. The molecular formula is C15H22N2O5. The number of nitrogens with zero attached hydrogens (tertiary/aromatic N) is 1. The number of amides is 1. The fraction of sp³-hybridized carbons (Fsp3) is 0.533. The zero-order valence-corrected chi connectivity index (χ0v) is 13.2. The Morgan fingerprint density at radius 2 is 1.91 bits per heavy atom. The first kappa shape index (κ1) is 17.9. The minimum Gasteiger partial charge on any atom is -0.481 e. The van der Waals surface area contributed by atoms with Crippen molar-refractivity contribution in [1.82, 2.24) is 4.98 Å². The molecule has 0 fully saturated rings. The number of carbonyl (C=O) groups is 2. The lowest BCUT2D eigenvalue weighted by Crippen LogP contribution is -2.33. The predicted octanol–water partition coefficient (Wildman–Crippen LogP) is 2.05. The van der Waals surface area contributed by atoms with E-state index in [9.17, 15) is 14.7 Å². The number of pyridine rings is 1. The van der Waals surface area contributed by atoms with Gasteiger partial charge >= 0.3 is 12.1 Å². The lowest BCUT2D eigenvalue weighted by molar-refractivity contribution is -0.150. The topological polar surface area (TPSA) is 109 Å². The van der Waals surface area contributed by atoms with Crippen LogP contribution in [0.2, 0.25) is 0 Å². The summed E-state index contributed by atoms with van der Waals surface area (Å²) in [5.41, 5.74) is -1.22. The molecule has 1 unspecified atom stereocenters. The van der Waals surface area contributed by atoms with Crippen molar-refractivity contribution in [1.29, 1.82) is 0 Å². The summed E-state index contributed by atoms with van der Waals surface area (Å²) in [6.45, 7) is 6.25. The summed E-state index contributed by atoms with van der Waals surface area (Å²) in [7, 11) is 0. The van der Waals surface area contributed by atoms with E-state index in [4.69, 9.17) is 9.84 Å². The SMILES string of the molecule is CC(C)(C)OC(=O)Nc1ccc(CC(C)(CO)C(=O)O)cn1. The van der Waals surface area contributed by atoms with E-state index in [-0.39, 0.29) is 6.42 Å². The van der Waals surface area contributed by atoms with Gasteiger partial charge in [0.25, 0.3) is 0 Å². The summed E-state index contributed by atoms with van der Waals surface area (Å²) >= 11 is 0. The van der Waals surface area contributed by atoms with Gasteiger partial charge in [0.2, 0.25) is 0 Å². The molecule has 0 aliphatic heterocycles. The molecular weight excluding hydrogens is 288 g/mol. The van der Waals surface area contributed by atoms with Crippen LogP contribution in [0.1, 0.15) is 33.3 Å². The number of hydrogen-bond acceptors (Lipinski definition) is 5. The zero-order valence-electron chi connectivity index (χ0n) is 13.2. The molecule has 1 aromatic heterocycles. The highest BCUT2D eigenvalue weighted by atomic mass is 16.6. The van der Waals surface area contributed by atoms with Gasteiger partial charge in [-0.25, -0.2) is 9.78 Å². The van der Waals surface area contributed by atoms with Crippen molar-refractivity contribution in [3.63, 3.8) is 0 Å². The van der Waals surface area contributed by atoms with E-state index in [1.807, 2.05) is 0 Å². The van der Waals surface area contributed by atoms with Crippen molar-refractivity contribution in [3.05, 3.63) is 23.9 Å². The summed E-state index contributed by atoms with van der Waals surface area (Å²) in [4.78, 5) is 26.8. The van der Waals surface area contributed by atoms with E-state index in [0.717, 1.165) is 0 Å². The van der Waals surface area contributed by atoms with Gasteiger partial charge < -0.3 is 14.9 Å². The number of carbonyl (C=O) groups excluding carboxylic acids is 1. The summed E-state index contributed by atoms with van der Waals surface area (Å²) < 4.78 is 5.10. The van der Waals surface area contributed by atoms with Gasteiger partial charge in [-0.3, -0.25) is 10.1 Å². The molecule has 1 amide bonds. The number of aliphatic hydroxyl groups excluding tert-OH is 1. The Morgan fingerprint density at radius 3 is 2.32 bits per heavy atom. The highest BCUT2D eigenvalue weighted by Gasteiger charge is 2.32. The lowest BCUT2D eigenvalue weighted by Gasteiger charge is -2.22. The predicted molar refractivity (Wildman–Crippen MR) is 80.6 cm³/mol. The third-order valence-electron chi connectivity index (χ3n) is 2.91. The van der Waals surface area contributed by atoms with Gasteiger partial charge in [0.05, 0.1) is 12.0 Å². The second-order valence-corrected chi connectivity index (χ2v) is 6.38. The Kier molecular flexibility index (Phi) is 5.48. The molecule has 0 aliphatic rings. The van der Waals surface area contributed by atoms with E-state index in [1.165, 1.54) is 13.1 Å². The van der Waals surface area contributed by atoms with Crippen LogP contribution in [0.4, 0.5) is 10.6 Å². The molecule has 3 N–H and O–H groups in total. The minimum absolute atomic E-state index is 0.137. The number of anilines is 1. The monoisotopic (exact) mass is 310 g/mol. The smallest absolute Gasteiger partial charge is 0.413 e. The third-order valence-corrected chi connectivity index (χ3v) is 2.91. The highest BCUT2D eigenvalue weighted by molar-refractivity contribution is 5.83. The van der Waals surface area contributed by atoms with E-state index in [1.54, 1.807) is 32.9 Å². The molecule has 1 heterocycles. The standard InChI is InChI=1S/C15H22N2O5/c1-14(2,3)22-13(21)17-11-6-5-10(8-16-11)7-15(4,9-18)12(19)20/h5-6,8,18H,7,9H2,1-4H3,(H,19,20)(H,16,17,21). The van der Waals surface area contributed by atoms with Crippen LogP contribution >= 0.6 is 0 Å². The molecule has 1 aromatic rings. The Morgan fingerprint density at radius 1 is 1.27 bits per heavy atom. The molecule has 0 aromatic carbocycles. The van der Waals surface area contributed by atoms with Crippen molar-refractivity contribution in [2.75, 3.05) is 11.9 Å². The van der Waals surface area contributed by atoms with E-state index < -0.39 is 29.7 Å². The first-order valence-electron chi connectivity index (χ1n) is 6.85. The molecule has 7 nitrogen and oxygen atoms in total. The maximum absolute atomic E-state index is 11.6. The number of aliphatic hydroxyl groups is 1. The molecule has 0 radical (unpaired) electrons. The summed E-state index contributed by atoms with van der Waals surface area (Å²) in [5.74, 6) is -0.773. The number of carboxylic acid groups (broad SMARTS) is 1. The van der Waals surface area contributed by atoms with E-state index in [0.29, 0.717) is 11.4 Å². The molecule has 1 rings (SSSR count). The van der Waals surface area contributed by atoms with Gasteiger partial charge in [-0.05, 0) is 45.7 Å². The maximum Gasteiger partial charge on any atom is 0.413 e. The highest BCUT2D eigenvalue weighted by Crippen LogP contribution is 2.22. The Labute approximate surface area is 129 Å². The first-order valence-corrected chi connectivity index (χ1v) is 6.85. The van der Waals surface area contributed by atoms with Crippen LogP contribution in [0.25, 0.3) is 0 Å². The Hall–Kier alpha value is -2.15. The number of rotatable bonds is 5. The number of ether oxygens (including phenoxy) is 1. The van der Waals surface area contributed by atoms with E-state index >= 15 is 0 Å². The quantitative estimate of drug-likeness (QED) is 0.768. The molecule has 1 atom stereocenters. The molecule has 0 aliphatic carbocycles. The molecule has 0 saturated heterocycles. The van der Waals surface area contributed by atoms with Crippen molar-refractivity contribution >= 4 is 17.9 Å². The van der Waals surface area contributed by atoms with Crippen LogP contribution in [0.15, 0.2) is 18.3 Å². The lowest BCUT2D eigenvalue weighted by atomic mass is 9.85. The van der Waals surface area contributed by atoms with Gasteiger partial charge in [-0.15, -0.1) is 0 Å². The number of nitrogens with one attached hydrogen (secondary N) is 1. The Balaban J connectivity index is 2.71. The number of aromatic nitrogens is 1. The maximum atomic E-state index is 11.6. The average Bonchev–Trinajstić information content (AvgIpc) is 2.38. The number of aliphatic carboxylic acids is 1. The van der Waals surface area contributed by atoms with Crippen molar-refractivity contribution in [2.24, 2.45) is 5.41 Å². The van der Waals surface area contributed by atoms with Crippen LogP contribution in [0, 0.1) is 5.41 Å². The normalized spacial score (nSPS) is 14.0. The van der Waals surface area contributed by atoms with Crippen LogP contribution in [0.3, 0.4) is 0 Å². The second-order valence-electron chi connectivity index (χ2n) is 6.38. The fourth-order valence-electron chi connectivity index (χ4n) is 1.66. The number of carboxylic acids is 1. The van der Waals surface area contributed by atoms with Crippen LogP contribution in [-0.2, 0) is 16.0 Å². The fourth-order valence-corrected chi connectivity index (χ4v) is 1.66. The summed E-state index contributed by atoms with van der Waals surface area (Å²) in [6.07, 6.45) is 0.987. The van der Waals surface area contributed by atoms with Gasteiger partial charge in [0, 0.05) is 6.20 Å². The molecule has 0 spiro atoms. The van der Waals surface area contributed by atoms with Gasteiger partial charge in [-0.1, -0.05) is 6.07 Å². The van der Waals surface area contributed by atoms with E-state index in [2.05, 4.69) is 10.3 Å². The van der Waals surface area contributed by atoms with Gasteiger partial charge in [-0.2, -0.15) is 0 Å².